The number of benzene rings is 1. The highest BCUT2D eigenvalue weighted by molar-refractivity contribution is 8.26. The van der Waals surface area contributed by atoms with E-state index in [4.69, 9.17) is 17.3 Å². The Morgan fingerprint density at radius 3 is 2.46 bits per heavy atom. The van der Waals surface area contributed by atoms with Crippen LogP contribution < -0.4 is 10.5 Å². The first kappa shape index (κ1) is 30.5. The van der Waals surface area contributed by atoms with Crippen molar-refractivity contribution in [3.8, 4) is 6.07 Å². The summed E-state index contributed by atoms with van der Waals surface area (Å²) >= 11 is 6.74. The summed E-state index contributed by atoms with van der Waals surface area (Å²) in [6.07, 6.45) is 3.79. The fourth-order valence-corrected chi connectivity index (χ4v) is 6.57. The summed E-state index contributed by atoms with van der Waals surface area (Å²) in [7, 11) is 0. The lowest BCUT2D eigenvalue weighted by atomic mass is 10.0. The van der Waals surface area contributed by atoms with Gasteiger partial charge in [0.1, 0.15) is 21.8 Å². The topological polar surface area (TPSA) is 110 Å². The highest BCUT2D eigenvalue weighted by Gasteiger charge is 2.33. The maximum Gasteiger partial charge on any atom is 0.303 e. The predicted molar refractivity (Wildman–Crippen MR) is 166 cm³/mol. The number of carbonyl (C=O) groups is 2. The van der Waals surface area contributed by atoms with Crippen molar-refractivity contribution in [2.24, 2.45) is 0 Å². The number of nitriles is 1. The van der Waals surface area contributed by atoms with E-state index >= 15 is 0 Å². The third-order valence-corrected chi connectivity index (χ3v) is 8.88. The average Bonchev–Trinajstić information content (AvgIpc) is 3.22. The molecule has 216 valence electrons. The van der Waals surface area contributed by atoms with Gasteiger partial charge in [0, 0.05) is 57.8 Å². The molecular weight excluding hydrogens is 558 g/mol. The Balaban J connectivity index is 1.60. The number of amides is 1. The van der Waals surface area contributed by atoms with Gasteiger partial charge in [-0.25, -0.2) is 0 Å². The van der Waals surface area contributed by atoms with E-state index < -0.39 is 5.97 Å². The maximum atomic E-state index is 13.4. The number of thioether (sulfide) groups is 1. The largest absolute Gasteiger partial charge is 0.481 e. The minimum atomic E-state index is -0.826. The van der Waals surface area contributed by atoms with E-state index in [0.29, 0.717) is 65.8 Å². The molecule has 2 aliphatic rings. The summed E-state index contributed by atoms with van der Waals surface area (Å²) in [5, 5.41) is 18.7. The summed E-state index contributed by atoms with van der Waals surface area (Å²) in [6.45, 7) is 8.37. The number of thiocarbonyl (C=S) groups is 1. The number of pyridine rings is 1. The Morgan fingerprint density at radius 2 is 1.83 bits per heavy atom. The number of anilines is 1. The fraction of sp³-hybridized carbons (Fsp3) is 0.433. The Labute approximate surface area is 250 Å². The van der Waals surface area contributed by atoms with E-state index in [0.717, 1.165) is 25.5 Å². The molecule has 0 radical (unpaired) electrons. The number of carboxylic acid groups (broad SMARTS) is 1. The molecule has 1 amide bonds. The van der Waals surface area contributed by atoms with Crippen LogP contribution in [0, 0.1) is 18.3 Å². The van der Waals surface area contributed by atoms with Gasteiger partial charge in [-0.15, -0.1) is 0 Å². The van der Waals surface area contributed by atoms with E-state index in [1.807, 2.05) is 25.1 Å². The van der Waals surface area contributed by atoms with E-state index in [9.17, 15) is 19.6 Å². The summed E-state index contributed by atoms with van der Waals surface area (Å²) in [4.78, 5) is 44.1. The number of rotatable bonds is 11. The maximum absolute atomic E-state index is 13.4. The number of piperazine rings is 1. The molecule has 3 heterocycles. The molecule has 2 aliphatic heterocycles. The minimum Gasteiger partial charge on any atom is -0.481 e. The van der Waals surface area contributed by atoms with Gasteiger partial charge < -0.3 is 10.0 Å². The second kappa shape index (κ2) is 13.9. The van der Waals surface area contributed by atoms with Crippen LogP contribution in [0.3, 0.4) is 0 Å². The molecule has 1 N–H and O–H groups in total. The zero-order valence-electron chi connectivity index (χ0n) is 23.5. The number of carbonyl (C=O) groups excluding carboxylic acids is 1. The van der Waals surface area contributed by atoms with E-state index in [-0.39, 0.29) is 23.5 Å². The van der Waals surface area contributed by atoms with Crippen LogP contribution >= 0.6 is 24.0 Å². The van der Waals surface area contributed by atoms with Crippen molar-refractivity contribution in [1.29, 1.82) is 5.26 Å². The van der Waals surface area contributed by atoms with Crippen LogP contribution in [0.25, 0.3) is 6.08 Å². The van der Waals surface area contributed by atoms with Gasteiger partial charge >= 0.3 is 5.97 Å². The SMILES string of the molecule is CCn1c(N2CCN(Cc3ccccc3)CC2)c(/C=C2\SC(=S)N(CCCCCC(=O)O)C2=O)c(C)c(C#N)c1=O. The molecule has 2 aromatic rings. The molecule has 2 fully saturated rings. The smallest absolute Gasteiger partial charge is 0.303 e. The van der Waals surface area contributed by atoms with Crippen LogP contribution in [0.1, 0.15) is 54.9 Å². The van der Waals surface area contributed by atoms with E-state index in [1.165, 1.54) is 17.3 Å². The van der Waals surface area contributed by atoms with Crippen molar-refractivity contribution in [3.63, 3.8) is 0 Å². The molecule has 11 heteroatoms. The highest BCUT2D eigenvalue weighted by atomic mass is 32.2. The molecule has 0 saturated carbocycles. The molecule has 2 saturated heterocycles. The lowest BCUT2D eigenvalue weighted by Crippen LogP contribution is -2.48. The predicted octanol–water partition coefficient (Wildman–Crippen LogP) is 4.22. The van der Waals surface area contributed by atoms with Crippen LogP contribution in [-0.2, 0) is 22.7 Å². The van der Waals surface area contributed by atoms with Crippen molar-refractivity contribution >= 4 is 52.1 Å². The van der Waals surface area contributed by atoms with Crippen LogP contribution in [0.4, 0.5) is 5.82 Å². The number of hydrogen-bond donors (Lipinski definition) is 1. The lowest BCUT2D eigenvalue weighted by molar-refractivity contribution is -0.137. The number of aromatic nitrogens is 1. The van der Waals surface area contributed by atoms with Gasteiger partial charge in [0.05, 0.1) is 4.91 Å². The molecule has 0 spiro atoms. The molecule has 0 atom stereocenters. The highest BCUT2D eigenvalue weighted by Crippen LogP contribution is 2.36. The van der Waals surface area contributed by atoms with E-state index in [1.54, 1.807) is 22.5 Å². The quantitative estimate of drug-likeness (QED) is 0.233. The van der Waals surface area contributed by atoms with Crippen molar-refractivity contribution in [2.75, 3.05) is 37.6 Å². The van der Waals surface area contributed by atoms with Gasteiger partial charge in [0.2, 0.25) is 0 Å². The van der Waals surface area contributed by atoms with Crippen molar-refractivity contribution in [1.82, 2.24) is 14.4 Å². The Morgan fingerprint density at radius 1 is 1.12 bits per heavy atom. The number of aliphatic carboxylic acids is 1. The second-order valence-corrected chi connectivity index (χ2v) is 11.9. The third-order valence-electron chi connectivity index (χ3n) is 7.50. The first-order valence-electron chi connectivity index (χ1n) is 13.9. The number of nitrogens with zero attached hydrogens (tertiary/aromatic N) is 5. The van der Waals surface area contributed by atoms with Crippen LogP contribution in [0.15, 0.2) is 40.0 Å². The first-order valence-corrected chi connectivity index (χ1v) is 15.1. The van der Waals surface area contributed by atoms with Gasteiger partial charge in [-0.3, -0.25) is 28.8 Å². The van der Waals surface area contributed by atoms with Gasteiger partial charge in [0.15, 0.2) is 0 Å². The Bertz CT molecular complexity index is 1440. The normalized spacial score (nSPS) is 17.0. The zero-order valence-corrected chi connectivity index (χ0v) is 25.1. The summed E-state index contributed by atoms with van der Waals surface area (Å²) in [6, 6.07) is 12.4. The number of hydrogen-bond acceptors (Lipinski definition) is 8. The Hall–Kier alpha value is -3.46. The second-order valence-electron chi connectivity index (χ2n) is 10.2. The van der Waals surface area contributed by atoms with Crippen LogP contribution in [0.2, 0.25) is 0 Å². The summed E-state index contributed by atoms with van der Waals surface area (Å²) < 4.78 is 2.10. The average molecular weight is 594 g/mol. The van der Waals surface area contributed by atoms with Crippen molar-refractivity contribution in [2.45, 2.75) is 52.6 Å². The van der Waals surface area contributed by atoms with Gasteiger partial charge in [-0.2, -0.15) is 5.26 Å². The molecule has 9 nitrogen and oxygen atoms in total. The van der Waals surface area contributed by atoms with Crippen LogP contribution in [0.5, 0.6) is 0 Å². The molecule has 4 rings (SSSR count). The Kier molecular flexibility index (Phi) is 10.4. The molecule has 0 bridgehead atoms. The van der Waals surface area contributed by atoms with Crippen molar-refractivity contribution < 1.29 is 14.7 Å². The number of unbranched alkanes of at least 4 members (excludes halogenated alkanes) is 2. The molecule has 0 aliphatic carbocycles. The van der Waals surface area contributed by atoms with Crippen molar-refractivity contribution in [3.05, 3.63) is 67.8 Å². The van der Waals surface area contributed by atoms with Gasteiger partial charge in [0.25, 0.3) is 11.5 Å². The summed E-state index contributed by atoms with van der Waals surface area (Å²) in [5.74, 6) is -0.302. The standard InChI is InChI=1S/C30H35N5O4S2/c1-3-34-27(33-16-14-32(15-17-33)20-22-10-6-4-7-11-22)23(21(2)24(19-31)28(34)38)18-25-29(39)35(30(40)41-25)13-9-5-8-12-26(36)37/h4,6-7,10-11,18H,3,5,8-9,12-17,20H2,1-2H3,(H,36,37)/b25-18-. The molecule has 41 heavy (non-hydrogen) atoms. The fourth-order valence-electron chi connectivity index (χ4n) is 5.28. The molecule has 1 aromatic heterocycles. The minimum absolute atomic E-state index is 0.0819. The van der Waals surface area contributed by atoms with E-state index in [2.05, 4.69) is 28.0 Å². The molecular formula is C30H35N5O4S2. The molecule has 0 unspecified atom stereocenters. The first-order chi connectivity index (χ1) is 19.7. The molecule has 1 aromatic carbocycles. The monoisotopic (exact) mass is 593 g/mol. The van der Waals surface area contributed by atoms with Crippen LogP contribution in [-0.4, -0.2) is 68.4 Å². The third kappa shape index (κ3) is 7.07. The van der Waals surface area contributed by atoms with Gasteiger partial charge in [-0.1, -0.05) is 60.7 Å². The van der Waals surface area contributed by atoms with Gasteiger partial charge in [-0.05, 0) is 43.9 Å². The number of carboxylic acids is 1. The summed E-state index contributed by atoms with van der Waals surface area (Å²) in [5.41, 5.74) is 2.27. The zero-order chi connectivity index (χ0) is 29.5. The lowest BCUT2D eigenvalue weighted by Gasteiger charge is -2.38.